The summed E-state index contributed by atoms with van der Waals surface area (Å²) in [6.07, 6.45) is 0. The average molecular weight is 330 g/mol. The third-order valence-corrected chi connectivity index (χ3v) is 2.64. The molecular formula is C11H10BrClN4O. The topological polar surface area (TPSA) is 59.9 Å². The third-order valence-electron chi connectivity index (χ3n) is 1.95. The van der Waals surface area contributed by atoms with Crippen molar-refractivity contribution in [3.8, 4) is 11.8 Å². The first-order valence-electron chi connectivity index (χ1n) is 5.26. The molecule has 1 aromatic carbocycles. The number of hydrogen-bond acceptors (Lipinski definition) is 5. The SMILES string of the molecule is CCNc1nc(Cl)nc(Oc2ccc(Br)cc2)n1. The lowest BCUT2D eigenvalue weighted by Crippen LogP contribution is -2.04. The van der Waals surface area contributed by atoms with Crippen molar-refractivity contribution in [2.24, 2.45) is 0 Å². The van der Waals surface area contributed by atoms with E-state index >= 15 is 0 Å². The van der Waals surface area contributed by atoms with Crippen LogP contribution in [0.5, 0.6) is 11.8 Å². The second kappa shape index (κ2) is 5.97. The number of halogens is 2. The van der Waals surface area contributed by atoms with Gasteiger partial charge in [-0.25, -0.2) is 0 Å². The van der Waals surface area contributed by atoms with Gasteiger partial charge in [0.2, 0.25) is 11.2 Å². The predicted octanol–water partition coefficient (Wildman–Crippen LogP) is 3.51. The van der Waals surface area contributed by atoms with Gasteiger partial charge < -0.3 is 10.1 Å². The monoisotopic (exact) mass is 328 g/mol. The van der Waals surface area contributed by atoms with Crippen LogP contribution in [0.2, 0.25) is 5.28 Å². The number of hydrogen-bond donors (Lipinski definition) is 1. The molecule has 0 spiro atoms. The van der Waals surface area contributed by atoms with Crippen LogP contribution in [0.3, 0.4) is 0 Å². The number of benzene rings is 1. The van der Waals surface area contributed by atoms with Gasteiger partial charge in [-0.05, 0) is 42.8 Å². The smallest absolute Gasteiger partial charge is 0.328 e. The fraction of sp³-hybridized carbons (Fsp3) is 0.182. The molecular weight excluding hydrogens is 320 g/mol. The van der Waals surface area contributed by atoms with Crippen molar-refractivity contribution in [3.05, 3.63) is 34.0 Å². The van der Waals surface area contributed by atoms with Gasteiger partial charge in [-0.3, -0.25) is 0 Å². The van der Waals surface area contributed by atoms with Crippen molar-refractivity contribution in [1.82, 2.24) is 15.0 Å². The summed E-state index contributed by atoms with van der Waals surface area (Å²) in [5.41, 5.74) is 0. The van der Waals surface area contributed by atoms with E-state index in [-0.39, 0.29) is 11.3 Å². The molecule has 0 radical (unpaired) electrons. The van der Waals surface area contributed by atoms with Gasteiger partial charge in [0, 0.05) is 11.0 Å². The van der Waals surface area contributed by atoms with E-state index in [0.29, 0.717) is 18.2 Å². The normalized spacial score (nSPS) is 10.2. The Balaban J connectivity index is 2.20. The van der Waals surface area contributed by atoms with Crippen molar-refractivity contribution in [2.75, 3.05) is 11.9 Å². The predicted molar refractivity (Wildman–Crippen MR) is 73.2 cm³/mol. The maximum absolute atomic E-state index is 5.79. The molecule has 1 heterocycles. The van der Waals surface area contributed by atoms with Crippen LogP contribution in [0.15, 0.2) is 28.7 Å². The van der Waals surface area contributed by atoms with Gasteiger partial charge in [0.25, 0.3) is 0 Å². The minimum absolute atomic E-state index is 0.0908. The molecule has 1 aromatic heterocycles. The molecule has 0 aliphatic rings. The van der Waals surface area contributed by atoms with Gasteiger partial charge in [0.1, 0.15) is 5.75 Å². The van der Waals surface area contributed by atoms with Crippen molar-refractivity contribution in [3.63, 3.8) is 0 Å². The average Bonchev–Trinajstić information content (AvgIpc) is 2.32. The highest BCUT2D eigenvalue weighted by molar-refractivity contribution is 9.10. The summed E-state index contributed by atoms with van der Waals surface area (Å²) in [6, 6.07) is 7.49. The molecule has 5 nitrogen and oxygen atoms in total. The fourth-order valence-corrected chi connectivity index (χ4v) is 1.64. The van der Waals surface area contributed by atoms with Crippen LogP contribution < -0.4 is 10.1 Å². The van der Waals surface area contributed by atoms with E-state index < -0.39 is 0 Å². The lowest BCUT2D eigenvalue weighted by molar-refractivity contribution is 0.440. The highest BCUT2D eigenvalue weighted by atomic mass is 79.9. The van der Waals surface area contributed by atoms with E-state index in [9.17, 15) is 0 Å². The Kier molecular flexibility index (Phi) is 4.33. The van der Waals surface area contributed by atoms with E-state index in [2.05, 4.69) is 36.2 Å². The molecule has 0 atom stereocenters. The van der Waals surface area contributed by atoms with Crippen molar-refractivity contribution < 1.29 is 4.74 Å². The molecule has 0 saturated heterocycles. The van der Waals surface area contributed by atoms with E-state index in [1.807, 2.05) is 19.1 Å². The van der Waals surface area contributed by atoms with E-state index in [4.69, 9.17) is 16.3 Å². The number of nitrogens with zero attached hydrogens (tertiary/aromatic N) is 3. The minimum atomic E-state index is 0.0908. The first-order chi connectivity index (χ1) is 8.67. The Morgan fingerprint density at radius 1 is 1.22 bits per heavy atom. The molecule has 0 unspecified atom stereocenters. The van der Waals surface area contributed by atoms with Crippen molar-refractivity contribution in [2.45, 2.75) is 6.92 Å². The zero-order valence-electron chi connectivity index (χ0n) is 9.52. The van der Waals surface area contributed by atoms with Crippen LogP contribution in [-0.2, 0) is 0 Å². The fourth-order valence-electron chi connectivity index (χ4n) is 1.22. The molecule has 0 bridgehead atoms. The van der Waals surface area contributed by atoms with Crippen molar-refractivity contribution in [1.29, 1.82) is 0 Å². The van der Waals surface area contributed by atoms with E-state index in [1.54, 1.807) is 12.1 Å². The quantitative estimate of drug-likeness (QED) is 0.930. The van der Waals surface area contributed by atoms with E-state index in [0.717, 1.165) is 4.47 Å². The number of aromatic nitrogens is 3. The lowest BCUT2D eigenvalue weighted by Gasteiger charge is -2.06. The summed E-state index contributed by atoms with van der Waals surface area (Å²) in [7, 11) is 0. The Bertz CT molecular complexity index is 535. The first kappa shape index (κ1) is 13.0. The number of nitrogens with one attached hydrogen (secondary N) is 1. The summed E-state index contributed by atoms with van der Waals surface area (Å²) in [5.74, 6) is 1.02. The number of ether oxygens (including phenoxy) is 1. The van der Waals surface area contributed by atoms with Gasteiger partial charge in [-0.15, -0.1) is 0 Å². The van der Waals surface area contributed by atoms with E-state index in [1.165, 1.54) is 0 Å². The molecule has 7 heteroatoms. The summed E-state index contributed by atoms with van der Waals surface area (Å²) in [4.78, 5) is 11.9. The summed E-state index contributed by atoms with van der Waals surface area (Å²) < 4.78 is 6.46. The van der Waals surface area contributed by atoms with Crippen LogP contribution in [0.1, 0.15) is 6.92 Å². The highest BCUT2D eigenvalue weighted by Crippen LogP contribution is 2.21. The minimum Gasteiger partial charge on any atom is -0.424 e. The lowest BCUT2D eigenvalue weighted by atomic mass is 10.3. The number of rotatable bonds is 4. The summed E-state index contributed by atoms with van der Waals surface area (Å²) in [6.45, 7) is 2.63. The molecule has 0 fully saturated rings. The highest BCUT2D eigenvalue weighted by Gasteiger charge is 2.06. The van der Waals surface area contributed by atoms with Crippen LogP contribution in [-0.4, -0.2) is 21.5 Å². The van der Waals surface area contributed by atoms with Gasteiger partial charge in [-0.2, -0.15) is 15.0 Å². The van der Waals surface area contributed by atoms with Gasteiger partial charge >= 0.3 is 6.01 Å². The van der Waals surface area contributed by atoms with Crippen LogP contribution in [0.25, 0.3) is 0 Å². The van der Waals surface area contributed by atoms with Gasteiger partial charge in [0.05, 0.1) is 0 Å². The maximum Gasteiger partial charge on any atom is 0.328 e. The molecule has 0 aliphatic heterocycles. The van der Waals surface area contributed by atoms with Crippen LogP contribution >= 0.6 is 27.5 Å². The Labute approximate surface area is 118 Å². The third kappa shape index (κ3) is 3.54. The molecule has 2 aromatic rings. The van der Waals surface area contributed by atoms with Crippen molar-refractivity contribution >= 4 is 33.5 Å². The Morgan fingerprint density at radius 2 is 1.94 bits per heavy atom. The molecule has 94 valence electrons. The zero-order valence-corrected chi connectivity index (χ0v) is 11.9. The molecule has 0 aliphatic carbocycles. The first-order valence-corrected chi connectivity index (χ1v) is 6.43. The zero-order chi connectivity index (χ0) is 13.0. The standard InChI is InChI=1S/C11H10BrClN4O/c1-2-14-10-15-9(13)16-11(17-10)18-8-5-3-7(12)4-6-8/h3-6H,2H2,1H3,(H,14,15,16,17). The van der Waals surface area contributed by atoms with Gasteiger partial charge in [-0.1, -0.05) is 15.9 Å². The molecule has 18 heavy (non-hydrogen) atoms. The number of anilines is 1. The molecule has 0 amide bonds. The second-order valence-electron chi connectivity index (χ2n) is 3.30. The molecule has 0 saturated carbocycles. The Morgan fingerprint density at radius 3 is 2.61 bits per heavy atom. The largest absolute Gasteiger partial charge is 0.424 e. The van der Waals surface area contributed by atoms with Gasteiger partial charge in [0.15, 0.2) is 0 Å². The van der Waals surface area contributed by atoms with Crippen LogP contribution in [0, 0.1) is 0 Å². The summed E-state index contributed by atoms with van der Waals surface area (Å²) in [5, 5.41) is 3.04. The molecule has 2 rings (SSSR count). The maximum atomic E-state index is 5.79. The summed E-state index contributed by atoms with van der Waals surface area (Å²) >= 11 is 9.13. The molecule has 1 N–H and O–H groups in total. The Hall–Kier alpha value is -1.40. The second-order valence-corrected chi connectivity index (χ2v) is 4.55. The van der Waals surface area contributed by atoms with Crippen LogP contribution in [0.4, 0.5) is 5.95 Å².